The van der Waals surface area contributed by atoms with Gasteiger partial charge in [-0.3, -0.25) is 0 Å². The Labute approximate surface area is 149 Å². The highest BCUT2D eigenvalue weighted by Crippen LogP contribution is 2.25. The van der Waals surface area contributed by atoms with Crippen LogP contribution in [0.4, 0.5) is 10.5 Å². The van der Waals surface area contributed by atoms with Crippen molar-refractivity contribution in [2.24, 2.45) is 0 Å². The third-order valence-electron chi connectivity index (χ3n) is 3.70. The predicted molar refractivity (Wildman–Crippen MR) is 102 cm³/mol. The van der Waals surface area contributed by atoms with Gasteiger partial charge >= 0.3 is 6.03 Å². The zero-order valence-electron chi connectivity index (χ0n) is 13.9. The molecule has 2 amide bonds. The fourth-order valence-corrected chi connectivity index (χ4v) is 4.29. The number of likely N-dealkylation sites (N-methyl/N-ethyl adjacent to an activating group) is 1. The van der Waals surface area contributed by atoms with E-state index in [0.29, 0.717) is 6.54 Å². The van der Waals surface area contributed by atoms with Gasteiger partial charge in [-0.1, -0.05) is 6.07 Å². The van der Waals surface area contributed by atoms with E-state index in [0.717, 1.165) is 20.9 Å². The Bertz CT molecular complexity index is 826. The van der Waals surface area contributed by atoms with Crippen molar-refractivity contribution < 1.29 is 4.79 Å². The molecule has 126 valence electrons. The van der Waals surface area contributed by atoms with Crippen molar-refractivity contribution in [3.05, 3.63) is 45.6 Å². The fourth-order valence-electron chi connectivity index (χ4n) is 2.50. The number of aromatic nitrogens is 1. The number of nitrogens with one attached hydrogen (secondary N) is 2. The van der Waals surface area contributed by atoms with Crippen molar-refractivity contribution in [1.82, 2.24) is 15.2 Å². The van der Waals surface area contributed by atoms with E-state index in [4.69, 9.17) is 0 Å². The molecule has 0 bridgehead atoms. The zero-order valence-corrected chi connectivity index (χ0v) is 15.5. The van der Waals surface area contributed by atoms with E-state index in [2.05, 4.69) is 32.0 Å². The topological polar surface area (TPSA) is 57.3 Å². The van der Waals surface area contributed by atoms with Crippen molar-refractivity contribution in [3.63, 3.8) is 0 Å². The summed E-state index contributed by atoms with van der Waals surface area (Å²) in [5.41, 5.74) is 1.75. The average molecular weight is 361 g/mol. The molecule has 3 aromatic rings. The quantitative estimate of drug-likeness (QED) is 0.720. The van der Waals surface area contributed by atoms with Gasteiger partial charge in [0.05, 0.1) is 21.3 Å². The second-order valence-electron chi connectivity index (χ2n) is 5.75. The van der Waals surface area contributed by atoms with Crippen LogP contribution in [0.3, 0.4) is 0 Å². The minimum atomic E-state index is -0.195. The summed E-state index contributed by atoms with van der Waals surface area (Å²) in [6.45, 7) is 2.54. The first-order valence-corrected chi connectivity index (χ1v) is 9.34. The van der Waals surface area contributed by atoms with E-state index >= 15 is 0 Å². The molecule has 0 aliphatic rings. The van der Waals surface area contributed by atoms with Crippen molar-refractivity contribution in [1.29, 1.82) is 0 Å². The van der Waals surface area contributed by atoms with E-state index < -0.39 is 0 Å². The largest absolute Gasteiger partial charge is 0.336 e. The highest BCUT2D eigenvalue weighted by molar-refractivity contribution is 7.18. The number of fused-ring (bicyclic) bond motifs is 1. The third kappa shape index (κ3) is 3.92. The minimum Gasteiger partial charge on any atom is -0.336 e. The van der Waals surface area contributed by atoms with Crippen LogP contribution in [0.1, 0.15) is 15.9 Å². The van der Waals surface area contributed by atoms with Gasteiger partial charge in [-0.2, -0.15) is 0 Å². The smallest absolute Gasteiger partial charge is 0.319 e. The maximum atomic E-state index is 12.2. The van der Waals surface area contributed by atoms with Gasteiger partial charge in [0, 0.05) is 17.1 Å². The van der Waals surface area contributed by atoms with Crippen molar-refractivity contribution in [2.45, 2.75) is 13.0 Å². The Hall–Kier alpha value is -1.96. The predicted octanol–water partition coefficient (Wildman–Crippen LogP) is 4.09. The van der Waals surface area contributed by atoms with Gasteiger partial charge in [0.1, 0.15) is 0 Å². The van der Waals surface area contributed by atoms with Gasteiger partial charge in [0.2, 0.25) is 0 Å². The Morgan fingerprint density at radius 2 is 2.17 bits per heavy atom. The normalized spacial score (nSPS) is 12.5. The first kappa shape index (κ1) is 16.9. The third-order valence-corrected chi connectivity index (χ3v) is 5.61. The van der Waals surface area contributed by atoms with Crippen molar-refractivity contribution in [2.75, 3.05) is 26.0 Å². The van der Waals surface area contributed by atoms with Crippen LogP contribution in [0, 0.1) is 6.92 Å². The molecule has 1 aromatic carbocycles. The lowest BCUT2D eigenvalue weighted by Crippen LogP contribution is -2.36. The molecule has 2 aromatic heterocycles. The van der Waals surface area contributed by atoms with E-state index in [9.17, 15) is 4.79 Å². The Morgan fingerprint density at radius 1 is 1.33 bits per heavy atom. The monoisotopic (exact) mass is 360 g/mol. The fraction of sp³-hybridized carbons (Fsp3) is 0.294. The second-order valence-corrected chi connectivity index (χ2v) is 7.96. The zero-order chi connectivity index (χ0) is 17.1. The molecular formula is C17H20N4OS2. The summed E-state index contributed by atoms with van der Waals surface area (Å²) in [7, 11) is 4.04. The molecule has 0 fully saturated rings. The molecule has 0 saturated heterocycles. The molecule has 1 unspecified atom stereocenters. The van der Waals surface area contributed by atoms with Crippen LogP contribution in [0.2, 0.25) is 0 Å². The van der Waals surface area contributed by atoms with Crippen LogP contribution in [-0.4, -0.2) is 36.6 Å². The van der Waals surface area contributed by atoms with Crippen LogP contribution >= 0.6 is 22.7 Å². The summed E-state index contributed by atoms with van der Waals surface area (Å²) in [5.74, 6) is 0. The number of amides is 2. The van der Waals surface area contributed by atoms with Crippen LogP contribution in [0.5, 0.6) is 0 Å². The summed E-state index contributed by atoms with van der Waals surface area (Å²) < 4.78 is 1.08. The molecule has 7 heteroatoms. The van der Waals surface area contributed by atoms with E-state index in [1.165, 1.54) is 4.88 Å². The van der Waals surface area contributed by atoms with Gasteiger partial charge in [-0.15, -0.1) is 22.7 Å². The number of hydrogen-bond acceptors (Lipinski definition) is 5. The molecule has 2 heterocycles. The van der Waals surface area contributed by atoms with E-state index in [1.54, 1.807) is 22.7 Å². The number of aryl methyl sites for hydroxylation is 1. The molecule has 0 saturated carbocycles. The molecule has 5 nitrogen and oxygen atoms in total. The molecule has 24 heavy (non-hydrogen) atoms. The molecule has 0 radical (unpaired) electrons. The minimum absolute atomic E-state index is 0.169. The lowest BCUT2D eigenvalue weighted by atomic mass is 10.2. The number of anilines is 1. The number of hydrogen-bond donors (Lipinski definition) is 2. The number of thiazole rings is 1. The average Bonchev–Trinajstić information content (AvgIpc) is 3.15. The highest BCUT2D eigenvalue weighted by atomic mass is 32.1. The molecule has 2 N–H and O–H groups in total. The Morgan fingerprint density at radius 3 is 2.88 bits per heavy atom. The van der Waals surface area contributed by atoms with Crippen molar-refractivity contribution >= 4 is 44.6 Å². The molecule has 1 atom stereocenters. The molecular weight excluding hydrogens is 340 g/mol. The summed E-state index contributed by atoms with van der Waals surface area (Å²) in [6, 6.07) is 9.87. The van der Waals surface area contributed by atoms with Crippen LogP contribution < -0.4 is 10.6 Å². The molecule has 3 rings (SSSR count). The number of nitrogens with zero attached hydrogens (tertiary/aromatic N) is 2. The number of carbonyl (C=O) groups excluding carboxylic acids is 1. The summed E-state index contributed by atoms with van der Waals surface area (Å²) >= 11 is 3.33. The second kappa shape index (κ2) is 7.29. The maximum Gasteiger partial charge on any atom is 0.319 e. The van der Waals surface area contributed by atoms with Gasteiger partial charge in [-0.25, -0.2) is 9.78 Å². The maximum absolute atomic E-state index is 12.2. The lowest BCUT2D eigenvalue weighted by molar-refractivity contribution is 0.244. The van der Waals surface area contributed by atoms with Crippen LogP contribution in [0.25, 0.3) is 10.2 Å². The Kier molecular flexibility index (Phi) is 5.13. The summed E-state index contributed by atoms with van der Waals surface area (Å²) in [4.78, 5) is 20.0. The first-order chi connectivity index (χ1) is 11.5. The Balaban J connectivity index is 1.61. The van der Waals surface area contributed by atoms with Gasteiger partial charge in [0.15, 0.2) is 0 Å². The summed E-state index contributed by atoms with van der Waals surface area (Å²) in [5, 5.41) is 8.93. The van der Waals surface area contributed by atoms with E-state index in [-0.39, 0.29) is 12.1 Å². The highest BCUT2D eigenvalue weighted by Gasteiger charge is 2.16. The van der Waals surface area contributed by atoms with Crippen molar-refractivity contribution in [3.8, 4) is 0 Å². The first-order valence-electron chi connectivity index (χ1n) is 7.65. The van der Waals surface area contributed by atoms with E-state index in [1.807, 2.05) is 45.3 Å². The standard InChI is InChI=1S/C17H20N4OS2/c1-11-19-13-7-6-12(9-16(13)24-11)20-17(22)18-10-14(21(2)3)15-5-4-8-23-15/h4-9,14H,10H2,1-3H3,(H2,18,20,22). The molecule has 0 spiro atoms. The van der Waals surface area contributed by atoms with Gasteiger partial charge < -0.3 is 15.5 Å². The van der Waals surface area contributed by atoms with Gasteiger partial charge in [-0.05, 0) is 50.7 Å². The van der Waals surface area contributed by atoms with Gasteiger partial charge in [0.25, 0.3) is 0 Å². The van der Waals surface area contributed by atoms with Crippen LogP contribution in [0.15, 0.2) is 35.7 Å². The number of carbonyl (C=O) groups is 1. The number of benzene rings is 1. The lowest BCUT2D eigenvalue weighted by Gasteiger charge is -2.23. The van der Waals surface area contributed by atoms with Crippen LogP contribution in [-0.2, 0) is 0 Å². The molecule has 0 aliphatic heterocycles. The number of thiophene rings is 1. The summed E-state index contributed by atoms with van der Waals surface area (Å²) in [6.07, 6.45) is 0. The number of urea groups is 1. The number of rotatable bonds is 5. The molecule has 0 aliphatic carbocycles. The SMILES string of the molecule is Cc1nc2ccc(NC(=O)NCC(c3cccs3)N(C)C)cc2s1.